The van der Waals surface area contributed by atoms with Gasteiger partial charge in [0.2, 0.25) is 5.78 Å². The molecule has 0 fully saturated rings. The molecule has 0 radical (unpaired) electrons. The number of hydrogen-bond donors (Lipinski definition) is 0. The molecule has 6 rings (SSSR count). The van der Waals surface area contributed by atoms with Gasteiger partial charge in [-0.3, -0.25) is 13.8 Å². The number of halogens is 2. The van der Waals surface area contributed by atoms with E-state index in [2.05, 4.69) is 15.2 Å². The van der Waals surface area contributed by atoms with Crippen LogP contribution in [0.25, 0.3) is 33.4 Å². The molecule has 35 heavy (non-hydrogen) atoms. The number of fused-ring (bicyclic) bond motifs is 4. The van der Waals surface area contributed by atoms with Crippen LogP contribution in [0.4, 0.5) is 8.78 Å². The van der Waals surface area contributed by atoms with Gasteiger partial charge in [-0.05, 0) is 43.3 Å². The van der Waals surface area contributed by atoms with Crippen molar-refractivity contribution < 1.29 is 8.78 Å². The zero-order valence-corrected chi connectivity index (χ0v) is 19.3. The SMILES string of the molecule is Cc1ccc(-n2c(=O)c3ccccc3n3c(SCc4nc5ccccc5n4C(F)F)nnc23)cc1. The van der Waals surface area contributed by atoms with Crippen molar-refractivity contribution >= 4 is 39.5 Å². The van der Waals surface area contributed by atoms with Gasteiger partial charge in [-0.25, -0.2) is 9.55 Å². The molecule has 0 N–H and O–H groups in total. The maximum atomic E-state index is 13.9. The highest BCUT2D eigenvalue weighted by atomic mass is 32.2. The van der Waals surface area contributed by atoms with Crippen molar-refractivity contribution in [2.24, 2.45) is 0 Å². The summed E-state index contributed by atoms with van der Waals surface area (Å²) in [6.07, 6.45) is 0. The van der Waals surface area contributed by atoms with Crippen molar-refractivity contribution in [3.63, 3.8) is 0 Å². The first-order valence-corrected chi connectivity index (χ1v) is 11.8. The Kier molecular flexibility index (Phi) is 5.10. The molecule has 0 amide bonds. The van der Waals surface area contributed by atoms with Gasteiger partial charge in [0.25, 0.3) is 5.56 Å². The molecule has 0 unspecified atom stereocenters. The lowest BCUT2D eigenvalue weighted by molar-refractivity contribution is 0.0722. The number of aryl methyl sites for hydroxylation is 1. The van der Waals surface area contributed by atoms with Gasteiger partial charge in [0.15, 0.2) is 5.16 Å². The molecule has 7 nitrogen and oxygen atoms in total. The van der Waals surface area contributed by atoms with Gasteiger partial charge < -0.3 is 0 Å². The number of nitrogens with zero attached hydrogens (tertiary/aromatic N) is 6. The van der Waals surface area contributed by atoms with Gasteiger partial charge in [0.1, 0.15) is 5.82 Å². The summed E-state index contributed by atoms with van der Waals surface area (Å²) in [5, 5.41) is 9.62. The second-order valence-corrected chi connectivity index (χ2v) is 9.01. The Bertz CT molecular complexity index is 1770. The largest absolute Gasteiger partial charge is 0.320 e. The van der Waals surface area contributed by atoms with Crippen LogP contribution in [0.2, 0.25) is 0 Å². The standard InChI is InChI=1S/C25H18F2N6OS/c1-15-10-12-16(13-11-15)31-22(34)17-6-2-4-8-19(17)33-24(31)29-30-25(33)35-14-21-28-18-7-3-5-9-20(18)32(21)23(26)27/h2-13,23H,14H2,1H3. The van der Waals surface area contributed by atoms with Crippen molar-refractivity contribution in [2.75, 3.05) is 0 Å². The molecule has 3 aromatic carbocycles. The van der Waals surface area contributed by atoms with Crippen molar-refractivity contribution in [1.82, 2.24) is 28.7 Å². The van der Waals surface area contributed by atoms with Crippen LogP contribution in [-0.4, -0.2) is 28.7 Å². The highest BCUT2D eigenvalue weighted by molar-refractivity contribution is 7.98. The summed E-state index contributed by atoms with van der Waals surface area (Å²) >= 11 is 1.24. The third-order valence-corrected chi connectivity index (χ3v) is 6.81. The van der Waals surface area contributed by atoms with E-state index in [1.165, 1.54) is 16.3 Å². The summed E-state index contributed by atoms with van der Waals surface area (Å²) in [6.45, 7) is -0.748. The fraction of sp³-hybridized carbons (Fsp3) is 0.120. The van der Waals surface area contributed by atoms with Crippen LogP contribution in [0, 0.1) is 6.92 Å². The van der Waals surface area contributed by atoms with Crippen LogP contribution in [0.5, 0.6) is 0 Å². The fourth-order valence-electron chi connectivity index (χ4n) is 4.24. The highest BCUT2D eigenvalue weighted by Crippen LogP contribution is 2.29. The highest BCUT2D eigenvalue weighted by Gasteiger charge is 2.21. The molecule has 0 saturated carbocycles. The van der Waals surface area contributed by atoms with Crippen molar-refractivity contribution in [2.45, 2.75) is 24.4 Å². The number of hydrogen-bond acceptors (Lipinski definition) is 5. The van der Waals surface area contributed by atoms with E-state index in [1.54, 1.807) is 40.8 Å². The molecule has 3 aromatic heterocycles. The number of rotatable bonds is 5. The summed E-state index contributed by atoms with van der Waals surface area (Å²) in [4.78, 5) is 17.8. The molecule has 0 aliphatic heterocycles. The fourth-order valence-corrected chi connectivity index (χ4v) is 5.11. The van der Waals surface area contributed by atoms with E-state index in [-0.39, 0.29) is 17.1 Å². The minimum atomic E-state index is -2.72. The van der Waals surface area contributed by atoms with Crippen molar-refractivity contribution in [3.8, 4) is 5.69 Å². The third-order valence-electron chi connectivity index (χ3n) is 5.88. The summed E-state index contributed by atoms with van der Waals surface area (Å²) in [5.41, 5.74) is 3.06. The molecule has 6 aromatic rings. The summed E-state index contributed by atoms with van der Waals surface area (Å²) < 4.78 is 32.0. The van der Waals surface area contributed by atoms with Crippen molar-refractivity contribution in [1.29, 1.82) is 0 Å². The zero-order valence-electron chi connectivity index (χ0n) is 18.5. The minimum absolute atomic E-state index is 0.151. The number of aromatic nitrogens is 6. The predicted molar refractivity (Wildman–Crippen MR) is 131 cm³/mol. The second kappa shape index (κ2) is 8.31. The predicted octanol–water partition coefficient (Wildman–Crippen LogP) is 5.38. The molecular formula is C25H18F2N6OS. The smallest absolute Gasteiger partial charge is 0.269 e. The number of benzene rings is 3. The molecule has 10 heteroatoms. The van der Waals surface area contributed by atoms with E-state index in [0.717, 1.165) is 10.1 Å². The van der Waals surface area contributed by atoms with E-state index in [4.69, 9.17) is 0 Å². The Morgan fingerprint density at radius 1 is 0.914 bits per heavy atom. The van der Waals surface area contributed by atoms with Crippen LogP contribution >= 0.6 is 11.8 Å². The average molecular weight is 489 g/mol. The van der Waals surface area contributed by atoms with Gasteiger partial charge >= 0.3 is 6.55 Å². The Labute approximate surface area is 201 Å². The molecule has 0 aliphatic carbocycles. The van der Waals surface area contributed by atoms with Gasteiger partial charge in [-0.1, -0.05) is 53.7 Å². The Balaban J connectivity index is 1.51. The lowest BCUT2D eigenvalue weighted by Crippen LogP contribution is -2.21. The number of para-hydroxylation sites is 3. The minimum Gasteiger partial charge on any atom is -0.269 e. The van der Waals surface area contributed by atoms with Crippen LogP contribution in [0.1, 0.15) is 17.9 Å². The van der Waals surface area contributed by atoms with E-state index < -0.39 is 6.55 Å². The van der Waals surface area contributed by atoms with Crippen LogP contribution in [0.15, 0.2) is 82.7 Å². The first-order chi connectivity index (χ1) is 17.0. The monoisotopic (exact) mass is 488 g/mol. The summed E-state index contributed by atoms with van der Waals surface area (Å²) in [7, 11) is 0. The Morgan fingerprint density at radius 2 is 1.63 bits per heavy atom. The van der Waals surface area contributed by atoms with Gasteiger partial charge in [0, 0.05) is 0 Å². The topological polar surface area (TPSA) is 70.0 Å². The first-order valence-electron chi connectivity index (χ1n) is 10.9. The second-order valence-electron chi connectivity index (χ2n) is 8.06. The van der Waals surface area contributed by atoms with Crippen LogP contribution < -0.4 is 5.56 Å². The molecule has 0 aliphatic rings. The summed E-state index contributed by atoms with van der Waals surface area (Å²) in [5.74, 6) is 0.735. The average Bonchev–Trinajstić information content (AvgIpc) is 3.45. The van der Waals surface area contributed by atoms with E-state index in [0.29, 0.717) is 38.6 Å². The first kappa shape index (κ1) is 21.5. The molecule has 174 valence electrons. The zero-order chi connectivity index (χ0) is 24.1. The lowest BCUT2D eigenvalue weighted by atomic mass is 10.2. The summed E-state index contributed by atoms with van der Waals surface area (Å²) in [6, 6.07) is 21.6. The van der Waals surface area contributed by atoms with Gasteiger partial charge in [0.05, 0.1) is 33.4 Å². The van der Waals surface area contributed by atoms with Crippen LogP contribution in [0.3, 0.4) is 0 Å². The van der Waals surface area contributed by atoms with E-state index in [9.17, 15) is 13.6 Å². The number of thioether (sulfide) groups is 1. The molecule has 0 bridgehead atoms. The molecular weight excluding hydrogens is 470 g/mol. The maximum Gasteiger partial charge on any atom is 0.320 e. The quantitative estimate of drug-likeness (QED) is 0.305. The van der Waals surface area contributed by atoms with Crippen molar-refractivity contribution in [3.05, 3.63) is 94.5 Å². The molecule has 0 saturated heterocycles. The Hall–Kier alpha value is -4.05. The number of imidazole rings is 1. The lowest BCUT2D eigenvalue weighted by Gasteiger charge is -2.12. The third kappa shape index (κ3) is 3.48. The molecule has 0 spiro atoms. The van der Waals surface area contributed by atoms with E-state index in [1.807, 2.05) is 43.3 Å². The normalized spacial score (nSPS) is 11.9. The molecule has 0 atom stereocenters. The number of alkyl halides is 2. The van der Waals surface area contributed by atoms with E-state index >= 15 is 0 Å². The maximum absolute atomic E-state index is 13.9. The molecule has 3 heterocycles. The van der Waals surface area contributed by atoms with Gasteiger partial charge in [-0.2, -0.15) is 8.78 Å². The van der Waals surface area contributed by atoms with Gasteiger partial charge in [-0.15, -0.1) is 10.2 Å². The Morgan fingerprint density at radius 3 is 2.40 bits per heavy atom. The van der Waals surface area contributed by atoms with Crippen LogP contribution in [-0.2, 0) is 5.75 Å².